The molecule has 1 aliphatic heterocycles. The van der Waals surface area contributed by atoms with E-state index in [1.807, 2.05) is 4.98 Å². The van der Waals surface area contributed by atoms with E-state index in [0.29, 0.717) is 0 Å². The van der Waals surface area contributed by atoms with Crippen LogP contribution in [0.5, 0.6) is 0 Å². The number of aliphatic hydroxyl groups is 2. The number of ether oxygens (including phenoxy) is 1. The Morgan fingerprint density at radius 1 is 1.61 bits per heavy atom. The number of nitrogens with zero attached hydrogens (tertiary/aromatic N) is 1. The first-order valence-electron chi connectivity index (χ1n) is 5.01. The monoisotopic (exact) mass is 280 g/mol. The van der Waals surface area contributed by atoms with Gasteiger partial charge in [0.1, 0.15) is 11.5 Å². The standard InChI is InChI=1S/C9H10ClFN2O5/c10-6-7(18-4(3-14)9(6,11)17)13-2-1-5(15)12-8(13)16/h1-2,4,6-7,14,17H,3H2,(H,12,15,16). The van der Waals surface area contributed by atoms with Crippen LogP contribution in [-0.2, 0) is 4.74 Å². The summed E-state index contributed by atoms with van der Waals surface area (Å²) < 4.78 is 19.6. The van der Waals surface area contributed by atoms with Crippen LogP contribution >= 0.6 is 11.6 Å². The van der Waals surface area contributed by atoms with Crippen molar-refractivity contribution in [2.24, 2.45) is 0 Å². The highest BCUT2D eigenvalue weighted by Gasteiger charge is 2.56. The molecule has 1 aliphatic rings. The maximum atomic E-state index is 13.8. The summed E-state index contributed by atoms with van der Waals surface area (Å²) in [6, 6.07) is 1.03. The van der Waals surface area contributed by atoms with Crippen molar-refractivity contribution in [2.45, 2.75) is 23.6 Å². The number of hydrogen-bond acceptors (Lipinski definition) is 5. The summed E-state index contributed by atoms with van der Waals surface area (Å²) in [5, 5.41) is 16.7. The van der Waals surface area contributed by atoms with Crippen LogP contribution in [0.25, 0.3) is 0 Å². The van der Waals surface area contributed by atoms with Gasteiger partial charge in [-0.3, -0.25) is 14.3 Å². The smallest absolute Gasteiger partial charge is 0.330 e. The molecular weight excluding hydrogens is 271 g/mol. The third-order valence-electron chi connectivity index (χ3n) is 2.68. The summed E-state index contributed by atoms with van der Waals surface area (Å²) >= 11 is 5.68. The van der Waals surface area contributed by atoms with Crippen LogP contribution in [0.2, 0.25) is 0 Å². The second-order valence-electron chi connectivity index (χ2n) is 3.84. The Kier molecular flexibility index (Phi) is 3.28. The van der Waals surface area contributed by atoms with Gasteiger partial charge in [-0.1, -0.05) is 0 Å². The SMILES string of the molecule is O=c1ccn(C2OC(CO)C(O)(F)C2Cl)c(=O)[nH]1. The zero-order valence-electron chi connectivity index (χ0n) is 8.92. The van der Waals surface area contributed by atoms with Gasteiger partial charge < -0.3 is 14.9 Å². The minimum atomic E-state index is -2.98. The van der Waals surface area contributed by atoms with E-state index in [1.165, 1.54) is 0 Å². The average Bonchev–Trinajstić information content (AvgIpc) is 2.52. The largest absolute Gasteiger partial charge is 0.393 e. The van der Waals surface area contributed by atoms with E-state index in [4.69, 9.17) is 21.4 Å². The third kappa shape index (κ3) is 1.97. The van der Waals surface area contributed by atoms with Gasteiger partial charge in [0.2, 0.25) is 0 Å². The molecule has 4 atom stereocenters. The van der Waals surface area contributed by atoms with Gasteiger partial charge >= 0.3 is 5.69 Å². The Balaban J connectivity index is 2.41. The van der Waals surface area contributed by atoms with Gasteiger partial charge in [-0.2, -0.15) is 0 Å². The summed E-state index contributed by atoms with van der Waals surface area (Å²) in [5.74, 6) is -2.98. The van der Waals surface area contributed by atoms with Crippen LogP contribution in [0.3, 0.4) is 0 Å². The summed E-state index contributed by atoms with van der Waals surface area (Å²) in [5.41, 5.74) is -1.48. The van der Waals surface area contributed by atoms with Crippen molar-refractivity contribution in [1.82, 2.24) is 9.55 Å². The molecule has 1 aromatic rings. The summed E-state index contributed by atoms with van der Waals surface area (Å²) in [7, 11) is 0. The molecule has 7 nitrogen and oxygen atoms in total. The van der Waals surface area contributed by atoms with E-state index in [2.05, 4.69) is 0 Å². The van der Waals surface area contributed by atoms with Gasteiger partial charge in [0.15, 0.2) is 6.23 Å². The lowest BCUT2D eigenvalue weighted by Crippen LogP contribution is -2.43. The first-order chi connectivity index (χ1) is 8.37. The number of alkyl halides is 2. The molecule has 9 heteroatoms. The molecule has 0 bridgehead atoms. The predicted octanol–water partition coefficient (Wildman–Crippen LogP) is -1.31. The highest BCUT2D eigenvalue weighted by Crippen LogP contribution is 2.40. The maximum Gasteiger partial charge on any atom is 0.330 e. The Morgan fingerprint density at radius 3 is 2.78 bits per heavy atom. The van der Waals surface area contributed by atoms with Crippen LogP contribution < -0.4 is 11.2 Å². The van der Waals surface area contributed by atoms with E-state index in [-0.39, 0.29) is 0 Å². The second-order valence-corrected chi connectivity index (χ2v) is 4.31. The normalized spacial score (nSPS) is 35.9. The van der Waals surface area contributed by atoms with Crippen molar-refractivity contribution in [3.8, 4) is 0 Å². The molecule has 18 heavy (non-hydrogen) atoms. The highest BCUT2D eigenvalue weighted by atomic mass is 35.5. The Bertz CT molecular complexity index is 556. The molecule has 0 aliphatic carbocycles. The fourth-order valence-corrected chi connectivity index (χ4v) is 2.04. The van der Waals surface area contributed by atoms with E-state index in [9.17, 15) is 19.1 Å². The van der Waals surface area contributed by atoms with Gasteiger partial charge in [-0.25, -0.2) is 9.18 Å². The van der Waals surface area contributed by atoms with Crippen LogP contribution in [-0.4, -0.2) is 43.7 Å². The molecular formula is C9H10ClFN2O5. The fourth-order valence-electron chi connectivity index (χ4n) is 1.72. The minimum Gasteiger partial charge on any atom is -0.393 e. The fraction of sp³-hybridized carbons (Fsp3) is 0.556. The highest BCUT2D eigenvalue weighted by molar-refractivity contribution is 6.21. The molecule has 1 aromatic heterocycles. The lowest BCUT2D eigenvalue weighted by molar-refractivity contribution is -0.149. The second kappa shape index (κ2) is 4.47. The predicted molar refractivity (Wildman–Crippen MR) is 58.0 cm³/mol. The third-order valence-corrected chi connectivity index (χ3v) is 3.21. The molecule has 2 rings (SSSR count). The minimum absolute atomic E-state index is 0.630. The molecule has 4 unspecified atom stereocenters. The number of halogens is 2. The first-order valence-corrected chi connectivity index (χ1v) is 5.44. The van der Waals surface area contributed by atoms with Crippen molar-refractivity contribution in [1.29, 1.82) is 0 Å². The van der Waals surface area contributed by atoms with Crippen LogP contribution in [0, 0.1) is 0 Å². The molecule has 0 aromatic carbocycles. The number of nitrogens with one attached hydrogen (secondary N) is 1. The molecule has 0 spiro atoms. The topological polar surface area (TPSA) is 105 Å². The van der Waals surface area contributed by atoms with Gasteiger partial charge in [-0.15, -0.1) is 11.6 Å². The van der Waals surface area contributed by atoms with Crippen LogP contribution in [0.1, 0.15) is 6.23 Å². The summed E-state index contributed by atoms with van der Waals surface area (Å²) in [6.07, 6.45) is -1.83. The number of rotatable bonds is 2. The first kappa shape index (κ1) is 13.2. The maximum absolute atomic E-state index is 13.8. The number of aromatic amines is 1. The van der Waals surface area contributed by atoms with Crippen molar-refractivity contribution in [3.05, 3.63) is 33.1 Å². The lowest BCUT2D eigenvalue weighted by Gasteiger charge is -2.20. The van der Waals surface area contributed by atoms with Gasteiger partial charge in [0.05, 0.1) is 6.61 Å². The lowest BCUT2D eigenvalue weighted by atomic mass is 10.1. The quantitative estimate of drug-likeness (QED) is 0.584. The zero-order valence-corrected chi connectivity index (χ0v) is 9.67. The molecule has 3 N–H and O–H groups in total. The van der Waals surface area contributed by atoms with E-state index < -0.39 is 41.4 Å². The van der Waals surface area contributed by atoms with Crippen LogP contribution in [0.15, 0.2) is 21.9 Å². The van der Waals surface area contributed by atoms with Crippen molar-refractivity contribution in [3.63, 3.8) is 0 Å². The number of hydrogen-bond donors (Lipinski definition) is 3. The molecule has 100 valence electrons. The van der Waals surface area contributed by atoms with Crippen LogP contribution in [0.4, 0.5) is 4.39 Å². The Hall–Kier alpha value is -1.22. The van der Waals surface area contributed by atoms with E-state index in [0.717, 1.165) is 16.8 Å². The van der Waals surface area contributed by atoms with Crippen molar-refractivity contribution < 1.29 is 19.3 Å². The van der Waals surface area contributed by atoms with Gasteiger partial charge in [-0.05, 0) is 0 Å². The number of aliphatic hydroxyl groups excluding tert-OH is 1. The van der Waals surface area contributed by atoms with E-state index >= 15 is 0 Å². The van der Waals surface area contributed by atoms with Crippen molar-refractivity contribution in [2.75, 3.05) is 6.61 Å². The molecule has 0 saturated carbocycles. The molecule has 0 amide bonds. The number of H-pyrrole nitrogens is 1. The summed E-state index contributed by atoms with van der Waals surface area (Å²) in [4.78, 5) is 24.3. The molecule has 1 saturated heterocycles. The zero-order chi connectivity index (χ0) is 13.5. The Morgan fingerprint density at radius 2 is 2.28 bits per heavy atom. The summed E-state index contributed by atoms with van der Waals surface area (Å²) in [6.45, 7) is -0.801. The molecule has 1 fully saturated rings. The average molecular weight is 281 g/mol. The Labute approximate surface area is 104 Å². The van der Waals surface area contributed by atoms with Crippen molar-refractivity contribution >= 4 is 11.6 Å². The molecule has 2 heterocycles. The van der Waals surface area contributed by atoms with Gasteiger partial charge in [0.25, 0.3) is 11.4 Å². The van der Waals surface area contributed by atoms with Gasteiger partial charge in [0, 0.05) is 12.3 Å². The molecule has 0 radical (unpaired) electrons. The number of aromatic nitrogens is 2. The van der Waals surface area contributed by atoms with E-state index in [1.54, 1.807) is 0 Å².